The van der Waals surface area contributed by atoms with Crippen molar-refractivity contribution in [1.29, 1.82) is 0 Å². The van der Waals surface area contributed by atoms with Gasteiger partial charge in [-0.1, -0.05) is 65.1 Å². The summed E-state index contributed by atoms with van der Waals surface area (Å²) in [6.45, 7) is 5.53. The van der Waals surface area contributed by atoms with Crippen molar-refractivity contribution in [1.82, 2.24) is 15.2 Å². The smallest absolute Gasteiger partial charge is 0.337 e. The number of Topliss-reactive ketones (excluding diaryl/α,β-unsaturated/α-hetero) is 1. The average Bonchev–Trinajstić information content (AvgIpc) is 3.63. The van der Waals surface area contributed by atoms with Gasteiger partial charge in [0, 0.05) is 5.75 Å². The Kier molecular flexibility index (Phi) is 7.83. The number of thioether (sulfide) groups is 1. The number of nitrogens with zero attached hydrogens (tertiary/aromatic N) is 4. The van der Waals surface area contributed by atoms with Crippen LogP contribution < -0.4 is 4.90 Å². The highest BCUT2D eigenvalue weighted by Gasteiger charge is 2.46. The number of anilines is 1. The Balaban J connectivity index is 1.51. The molecule has 0 radical (unpaired) electrons. The van der Waals surface area contributed by atoms with Crippen LogP contribution in [0.5, 0.6) is 0 Å². The van der Waals surface area contributed by atoms with Crippen molar-refractivity contribution in [2.45, 2.75) is 36.9 Å². The fraction of sp³-hybridized carbons (Fsp3) is 0.214. The van der Waals surface area contributed by atoms with E-state index in [-0.39, 0.29) is 10.7 Å². The largest absolute Gasteiger partial charge is 0.503 e. The van der Waals surface area contributed by atoms with Crippen molar-refractivity contribution in [3.8, 4) is 0 Å². The number of aryl methyl sites for hydroxylation is 3. The summed E-state index contributed by atoms with van der Waals surface area (Å²) in [5.41, 5.74) is 3.55. The van der Waals surface area contributed by atoms with Crippen molar-refractivity contribution in [3.63, 3.8) is 0 Å². The molecule has 3 heterocycles. The molecule has 0 bridgehead atoms. The molecule has 1 aliphatic rings. The van der Waals surface area contributed by atoms with Crippen molar-refractivity contribution in [2.24, 2.45) is 0 Å². The number of hydrogen-bond acceptors (Lipinski definition) is 11. The van der Waals surface area contributed by atoms with Crippen molar-refractivity contribution in [3.05, 3.63) is 97.7 Å². The van der Waals surface area contributed by atoms with E-state index in [0.29, 0.717) is 36.8 Å². The number of methoxy groups -OCH3 is 1. The molecule has 204 valence electrons. The molecule has 1 amide bonds. The molecule has 2 aromatic heterocycles. The number of esters is 1. The summed E-state index contributed by atoms with van der Waals surface area (Å²) in [6, 6.07) is 13.5. The van der Waals surface area contributed by atoms with Crippen LogP contribution in [0.4, 0.5) is 5.13 Å². The second kappa shape index (κ2) is 11.3. The molecular formula is C28H24N4O5S3. The van der Waals surface area contributed by atoms with Crippen LogP contribution in [0, 0.1) is 20.8 Å². The minimum atomic E-state index is -0.989. The van der Waals surface area contributed by atoms with Crippen LogP contribution in [0.15, 0.2) is 64.2 Å². The lowest BCUT2D eigenvalue weighted by Gasteiger charge is -2.24. The lowest BCUT2D eigenvalue weighted by molar-refractivity contribution is -0.117. The SMILES string of the molecule is COC(=O)c1ccc(C2C(C(=O)c3sc(C)nc3C)=C(O)C(=O)N2c2nnc(SCc3ccc(C)cc3)s2)cc1. The first-order chi connectivity index (χ1) is 19.2. The molecule has 4 aromatic rings. The molecule has 0 saturated carbocycles. The van der Waals surface area contributed by atoms with Crippen LogP contribution in [-0.4, -0.2) is 45.1 Å². The molecule has 0 aliphatic carbocycles. The van der Waals surface area contributed by atoms with Gasteiger partial charge in [-0.25, -0.2) is 9.78 Å². The van der Waals surface area contributed by atoms with Crippen LogP contribution in [-0.2, 0) is 15.3 Å². The van der Waals surface area contributed by atoms with Crippen LogP contribution in [0.1, 0.15) is 53.5 Å². The number of thiazole rings is 1. The molecule has 1 aliphatic heterocycles. The zero-order chi connectivity index (χ0) is 28.6. The van der Waals surface area contributed by atoms with E-state index in [1.807, 2.05) is 31.2 Å². The lowest BCUT2D eigenvalue weighted by Crippen LogP contribution is -2.31. The van der Waals surface area contributed by atoms with Gasteiger partial charge in [0.05, 0.1) is 39.9 Å². The Morgan fingerprint density at radius 3 is 2.35 bits per heavy atom. The van der Waals surface area contributed by atoms with E-state index >= 15 is 0 Å². The Bertz CT molecular complexity index is 1640. The number of ketones is 1. The van der Waals surface area contributed by atoms with Gasteiger partial charge in [-0.05, 0) is 44.0 Å². The second-order valence-corrected chi connectivity index (χ2v) is 12.4. The Labute approximate surface area is 242 Å². The van der Waals surface area contributed by atoms with Crippen molar-refractivity contribution < 1.29 is 24.2 Å². The van der Waals surface area contributed by atoms with Crippen molar-refractivity contribution in [2.75, 3.05) is 12.0 Å². The van der Waals surface area contributed by atoms with Gasteiger partial charge in [-0.3, -0.25) is 14.5 Å². The summed E-state index contributed by atoms with van der Waals surface area (Å²) in [6.07, 6.45) is 0. The van der Waals surface area contributed by atoms with E-state index in [9.17, 15) is 19.5 Å². The summed E-state index contributed by atoms with van der Waals surface area (Å²) >= 11 is 3.88. The minimum absolute atomic E-state index is 0.0772. The molecule has 1 atom stereocenters. The molecule has 9 nitrogen and oxygen atoms in total. The van der Waals surface area contributed by atoms with E-state index < -0.39 is 29.5 Å². The number of carbonyl (C=O) groups is 3. The third kappa shape index (κ3) is 5.29. The Morgan fingerprint density at radius 2 is 1.73 bits per heavy atom. The monoisotopic (exact) mass is 592 g/mol. The number of aromatic nitrogens is 3. The highest BCUT2D eigenvalue weighted by Crippen LogP contribution is 2.44. The second-order valence-electron chi connectivity index (χ2n) is 9.05. The first-order valence-corrected chi connectivity index (χ1v) is 14.7. The third-order valence-corrected chi connectivity index (χ3v) is 9.49. The van der Waals surface area contributed by atoms with Gasteiger partial charge in [0.2, 0.25) is 10.9 Å². The number of amides is 1. The maximum atomic E-state index is 13.8. The standard InChI is InChI=1S/C28H24N4O5S3/c1-14-5-7-17(8-6-14)13-38-28-31-30-27(40-28)32-21(18-9-11-19(12-10-18)26(36)37-4)20(23(34)25(32)35)22(33)24-15(2)29-16(3)39-24/h5-12,21,34H,13H2,1-4H3. The molecule has 5 rings (SSSR count). The summed E-state index contributed by atoms with van der Waals surface area (Å²) in [7, 11) is 1.29. The van der Waals surface area contributed by atoms with Crippen LogP contribution >= 0.6 is 34.4 Å². The highest BCUT2D eigenvalue weighted by molar-refractivity contribution is 8.00. The van der Waals surface area contributed by atoms with E-state index in [2.05, 4.69) is 15.2 Å². The number of aliphatic hydroxyl groups is 1. The number of rotatable bonds is 8. The van der Waals surface area contributed by atoms with Crippen molar-refractivity contribution >= 4 is 57.2 Å². The molecule has 40 heavy (non-hydrogen) atoms. The molecule has 0 fully saturated rings. The predicted molar refractivity (Wildman–Crippen MR) is 154 cm³/mol. The first kappa shape index (κ1) is 27.7. The fourth-order valence-electron chi connectivity index (χ4n) is 4.32. The molecule has 1 unspecified atom stereocenters. The highest BCUT2D eigenvalue weighted by atomic mass is 32.2. The summed E-state index contributed by atoms with van der Waals surface area (Å²) in [5.74, 6) is -1.75. The average molecular weight is 593 g/mol. The van der Waals surface area contributed by atoms with Gasteiger partial charge in [0.1, 0.15) is 0 Å². The topological polar surface area (TPSA) is 123 Å². The van der Waals surface area contributed by atoms with Gasteiger partial charge in [-0.15, -0.1) is 21.5 Å². The van der Waals surface area contributed by atoms with Crippen LogP contribution in [0.25, 0.3) is 0 Å². The minimum Gasteiger partial charge on any atom is -0.503 e. The fourth-order valence-corrected chi connectivity index (χ4v) is 7.02. The van der Waals surface area contributed by atoms with E-state index in [4.69, 9.17) is 4.74 Å². The van der Waals surface area contributed by atoms with Gasteiger partial charge >= 0.3 is 5.97 Å². The van der Waals surface area contributed by atoms with Gasteiger partial charge in [0.25, 0.3) is 5.91 Å². The Morgan fingerprint density at radius 1 is 1.02 bits per heavy atom. The quantitative estimate of drug-likeness (QED) is 0.117. The van der Waals surface area contributed by atoms with Crippen LogP contribution in [0.2, 0.25) is 0 Å². The molecule has 0 spiro atoms. The normalized spacial score (nSPS) is 15.2. The summed E-state index contributed by atoms with van der Waals surface area (Å²) in [5, 5.41) is 20.5. The lowest BCUT2D eigenvalue weighted by atomic mass is 9.94. The Hall–Kier alpha value is -3.87. The third-order valence-electron chi connectivity index (χ3n) is 6.29. The van der Waals surface area contributed by atoms with Gasteiger partial charge in [0.15, 0.2) is 10.1 Å². The van der Waals surface area contributed by atoms with Gasteiger partial charge in [-0.2, -0.15) is 0 Å². The number of carbonyl (C=O) groups excluding carboxylic acids is 3. The zero-order valence-corrected chi connectivity index (χ0v) is 24.4. The van der Waals surface area contributed by atoms with E-state index in [1.165, 1.54) is 52.0 Å². The molecule has 12 heteroatoms. The van der Waals surface area contributed by atoms with Gasteiger partial charge < -0.3 is 9.84 Å². The number of aliphatic hydroxyl groups excluding tert-OH is 1. The number of hydrogen-bond donors (Lipinski definition) is 1. The maximum absolute atomic E-state index is 13.8. The van der Waals surface area contributed by atoms with Crippen LogP contribution in [0.3, 0.4) is 0 Å². The first-order valence-electron chi connectivity index (χ1n) is 12.1. The molecule has 2 aromatic carbocycles. The van der Waals surface area contributed by atoms with E-state index in [1.54, 1.807) is 38.1 Å². The summed E-state index contributed by atoms with van der Waals surface area (Å²) < 4.78 is 5.43. The molecule has 1 N–H and O–H groups in total. The predicted octanol–water partition coefficient (Wildman–Crippen LogP) is 5.78. The molecule has 0 saturated heterocycles. The van der Waals surface area contributed by atoms with E-state index in [0.717, 1.165) is 5.56 Å². The molecular weight excluding hydrogens is 569 g/mol. The maximum Gasteiger partial charge on any atom is 0.337 e. The number of ether oxygens (including phenoxy) is 1. The zero-order valence-electron chi connectivity index (χ0n) is 22.0. The number of benzene rings is 2. The summed E-state index contributed by atoms with van der Waals surface area (Å²) in [4.78, 5) is 45.2.